The van der Waals surface area contributed by atoms with Gasteiger partial charge in [-0.2, -0.15) is 5.10 Å². The number of aromatic nitrogens is 3. The predicted molar refractivity (Wildman–Crippen MR) is 85.7 cm³/mol. The Hall–Kier alpha value is -2.08. The van der Waals surface area contributed by atoms with E-state index in [0.29, 0.717) is 17.3 Å². The summed E-state index contributed by atoms with van der Waals surface area (Å²) in [7, 11) is 1.35. The van der Waals surface area contributed by atoms with E-state index in [4.69, 9.17) is 11.6 Å². The van der Waals surface area contributed by atoms with Crippen LogP contribution in [0.2, 0.25) is 5.15 Å². The van der Waals surface area contributed by atoms with Crippen LogP contribution in [-0.4, -0.2) is 40.9 Å². The fourth-order valence-corrected chi connectivity index (χ4v) is 3.39. The van der Waals surface area contributed by atoms with Gasteiger partial charge in [0.1, 0.15) is 11.0 Å². The Balaban J connectivity index is 1.48. The third kappa shape index (κ3) is 2.79. The highest BCUT2D eigenvalue weighted by Gasteiger charge is 2.45. The Kier molecular flexibility index (Phi) is 3.49. The first-order valence-corrected chi connectivity index (χ1v) is 8.03. The molecule has 120 valence electrons. The molecule has 0 N–H and O–H groups in total. The van der Waals surface area contributed by atoms with E-state index in [-0.39, 0.29) is 0 Å². The summed E-state index contributed by atoms with van der Waals surface area (Å²) in [5, 5.41) is 4.64. The molecule has 6 nitrogen and oxygen atoms in total. The quantitative estimate of drug-likeness (QED) is 0.634. The number of hydrogen-bond donors (Lipinski definition) is 0. The van der Waals surface area contributed by atoms with Crippen molar-refractivity contribution in [2.45, 2.75) is 13.0 Å². The Morgan fingerprint density at radius 2 is 2.17 bits per heavy atom. The Bertz CT molecular complexity index is 750. The molecule has 0 aromatic carbocycles. The maximum Gasteiger partial charge on any atom is 0.341 e. The van der Waals surface area contributed by atoms with Crippen molar-refractivity contribution < 1.29 is 9.53 Å². The van der Waals surface area contributed by atoms with Crippen LogP contribution in [0, 0.1) is 11.8 Å². The third-order valence-electron chi connectivity index (χ3n) is 4.60. The lowest BCUT2D eigenvalue weighted by Crippen LogP contribution is -2.23. The maximum atomic E-state index is 11.4. The molecule has 2 atom stereocenters. The molecular formula is C16H17ClN4O2. The van der Waals surface area contributed by atoms with E-state index < -0.39 is 5.97 Å². The van der Waals surface area contributed by atoms with Crippen molar-refractivity contribution in [1.82, 2.24) is 14.8 Å². The first-order chi connectivity index (χ1) is 11.1. The second kappa shape index (κ2) is 5.53. The zero-order valence-corrected chi connectivity index (χ0v) is 13.5. The average Bonchev–Trinajstić information content (AvgIpc) is 2.98. The van der Waals surface area contributed by atoms with Gasteiger partial charge < -0.3 is 9.64 Å². The van der Waals surface area contributed by atoms with Crippen LogP contribution < -0.4 is 4.90 Å². The van der Waals surface area contributed by atoms with E-state index in [1.54, 1.807) is 10.9 Å². The number of halogens is 1. The molecule has 1 aliphatic carbocycles. The summed E-state index contributed by atoms with van der Waals surface area (Å²) in [6.45, 7) is 2.65. The summed E-state index contributed by atoms with van der Waals surface area (Å²) in [5.41, 5.74) is 1.30. The summed E-state index contributed by atoms with van der Waals surface area (Å²) >= 11 is 6.33. The SMILES string of the molecule is COC(=O)c1cnn(Cc2ccc(N3CC4CC4C3)nc2Cl)c1. The number of fused-ring (bicyclic) bond motifs is 1. The monoisotopic (exact) mass is 332 g/mol. The smallest absolute Gasteiger partial charge is 0.341 e. The second-order valence-electron chi connectivity index (χ2n) is 6.20. The molecule has 0 radical (unpaired) electrons. The third-order valence-corrected chi connectivity index (χ3v) is 4.93. The number of carbonyl (C=O) groups is 1. The molecular weight excluding hydrogens is 316 g/mol. The normalized spacial score (nSPS) is 22.1. The lowest BCUT2D eigenvalue weighted by molar-refractivity contribution is 0.0600. The largest absolute Gasteiger partial charge is 0.465 e. The summed E-state index contributed by atoms with van der Waals surface area (Å²) in [6, 6.07) is 3.99. The number of ether oxygens (including phenoxy) is 1. The zero-order chi connectivity index (χ0) is 16.0. The van der Waals surface area contributed by atoms with Crippen LogP contribution in [0.1, 0.15) is 22.3 Å². The zero-order valence-electron chi connectivity index (χ0n) is 12.8. The van der Waals surface area contributed by atoms with Gasteiger partial charge in [-0.3, -0.25) is 4.68 Å². The molecule has 2 aromatic heterocycles. The van der Waals surface area contributed by atoms with Gasteiger partial charge in [-0.1, -0.05) is 17.7 Å². The van der Waals surface area contributed by atoms with Gasteiger partial charge in [-0.15, -0.1) is 0 Å². The molecule has 23 heavy (non-hydrogen) atoms. The molecule has 2 aromatic rings. The number of rotatable bonds is 4. The minimum absolute atomic E-state index is 0.400. The van der Waals surface area contributed by atoms with Gasteiger partial charge in [0.15, 0.2) is 0 Å². The first-order valence-electron chi connectivity index (χ1n) is 7.65. The van der Waals surface area contributed by atoms with Gasteiger partial charge in [-0.05, 0) is 24.3 Å². The molecule has 0 amide bonds. The van der Waals surface area contributed by atoms with E-state index >= 15 is 0 Å². The topological polar surface area (TPSA) is 60.2 Å². The van der Waals surface area contributed by atoms with Crippen molar-refractivity contribution in [1.29, 1.82) is 0 Å². The van der Waals surface area contributed by atoms with E-state index in [9.17, 15) is 4.79 Å². The van der Waals surface area contributed by atoms with Crippen LogP contribution in [0.5, 0.6) is 0 Å². The van der Waals surface area contributed by atoms with Crippen molar-refractivity contribution >= 4 is 23.4 Å². The van der Waals surface area contributed by atoms with Crippen molar-refractivity contribution in [3.05, 3.63) is 40.8 Å². The molecule has 7 heteroatoms. The van der Waals surface area contributed by atoms with E-state index in [0.717, 1.165) is 36.3 Å². The molecule has 0 spiro atoms. The molecule has 0 bridgehead atoms. The number of piperidine rings is 1. The first kappa shape index (κ1) is 14.5. The number of carbonyl (C=O) groups excluding carboxylic acids is 1. The summed E-state index contributed by atoms with van der Waals surface area (Å²) in [4.78, 5) is 18.3. The molecule has 1 aliphatic heterocycles. The fraction of sp³-hybridized carbons (Fsp3) is 0.438. The number of anilines is 1. The highest BCUT2D eigenvalue weighted by Crippen LogP contribution is 2.46. The number of nitrogens with zero attached hydrogens (tertiary/aromatic N) is 4. The van der Waals surface area contributed by atoms with Crippen LogP contribution in [0.3, 0.4) is 0 Å². The maximum absolute atomic E-state index is 11.4. The van der Waals surface area contributed by atoms with Crippen molar-refractivity contribution in [2.75, 3.05) is 25.1 Å². The van der Waals surface area contributed by atoms with Crippen molar-refractivity contribution in [2.24, 2.45) is 11.8 Å². The number of esters is 1. The highest BCUT2D eigenvalue weighted by molar-refractivity contribution is 6.30. The number of hydrogen-bond acceptors (Lipinski definition) is 5. The van der Waals surface area contributed by atoms with Crippen LogP contribution in [0.15, 0.2) is 24.5 Å². The van der Waals surface area contributed by atoms with Gasteiger partial charge in [0.2, 0.25) is 0 Å². The van der Waals surface area contributed by atoms with E-state index in [1.807, 2.05) is 12.1 Å². The van der Waals surface area contributed by atoms with Crippen LogP contribution in [-0.2, 0) is 11.3 Å². The number of pyridine rings is 1. The van der Waals surface area contributed by atoms with Crippen molar-refractivity contribution in [3.8, 4) is 0 Å². The molecule has 3 heterocycles. The van der Waals surface area contributed by atoms with Gasteiger partial charge in [-0.25, -0.2) is 9.78 Å². The highest BCUT2D eigenvalue weighted by atomic mass is 35.5. The molecule has 4 rings (SSSR count). The number of methoxy groups -OCH3 is 1. The molecule has 2 aliphatic rings. The Labute approximate surface area is 139 Å². The van der Waals surface area contributed by atoms with Gasteiger partial charge in [0, 0.05) is 24.8 Å². The molecule has 1 saturated carbocycles. The van der Waals surface area contributed by atoms with Gasteiger partial charge in [0.05, 0.1) is 25.4 Å². The molecule has 2 unspecified atom stereocenters. The minimum atomic E-state index is -0.400. The Morgan fingerprint density at radius 3 is 2.87 bits per heavy atom. The lowest BCUT2D eigenvalue weighted by atomic mass is 10.2. The summed E-state index contributed by atoms with van der Waals surface area (Å²) < 4.78 is 6.32. The Morgan fingerprint density at radius 1 is 1.39 bits per heavy atom. The molecule has 2 fully saturated rings. The lowest BCUT2D eigenvalue weighted by Gasteiger charge is -2.19. The second-order valence-corrected chi connectivity index (χ2v) is 6.56. The van der Waals surface area contributed by atoms with Crippen LogP contribution in [0.4, 0.5) is 5.82 Å². The van der Waals surface area contributed by atoms with Crippen LogP contribution in [0.25, 0.3) is 0 Å². The van der Waals surface area contributed by atoms with E-state index in [2.05, 4.69) is 19.7 Å². The minimum Gasteiger partial charge on any atom is -0.465 e. The van der Waals surface area contributed by atoms with E-state index in [1.165, 1.54) is 19.7 Å². The van der Waals surface area contributed by atoms with Gasteiger partial charge >= 0.3 is 5.97 Å². The van der Waals surface area contributed by atoms with Gasteiger partial charge in [0.25, 0.3) is 0 Å². The average molecular weight is 333 g/mol. The fourth-order valence-electron chi connectivity index (χ4n) is 3.18. The predicted octanol–water partition coefficient (Wildman–Crippen LogP) is 2.22. The molecule has 1 saturated heterocycles. The van der Waals surface area contributed by atoms with Crippen LogP contribution >= 0.6 is 11.6 Å². The summed E-state index contributed by atoms with van der Waals surface area (Å²) in [6.07, 6.45) is 4.49. The standard InChI is InChI=1S/C16H17ClN4O2/c1-23-16(22)13-5-18-21(9-13)8-10-2-3-14(19-15(10)17)20-6-11-4-12(11)7-20/h2-3,5,9,11-12H,4,6-8H2,1H3. The van der Waals surface area contributed by atoms with Crippen molar-refractivity contribution in [3.63, 3.8) is 0 Å². The summed E-state index contributed by atoms with van der Waals surface area (Å²) in [5.74, 6) is 2.26.